The molecular formula is C20H19ClFN3O3. The molecule has 0 saturated carbocycles. The number of carbonyl (C=O) groups excluding carboxylic acids is 1. The average Bonchev–Trinajstić information content (AvgIpc) is 2.96. The number of anilines is 1. The molecule has 2 aromatic rings. The first-order valence-electron chi connectivity index (χ1n) is 9.36. The van der Waals surface area contributed by atoms with E-state index in [1.165, 1.54) is 6.20 Å². The van der Waals surface area contributed by atoms with Gasteiger partial charge in [0.05, 0.1) is 24.3 Å². The number of hydrogen-bond donors (Lipinski definition) is 1. The van der Waals surface area contributed by atoms with Crippen molar-refractivity contribution in [3.05, 3.63) is 52.6 Å². The lowest BCUT2D eigenvalue weighted by Crippen LogP contribution is -2.44. The van der Waals surface area contributed by atoms with E-state index in [0.29, 0.717) is 41.7 Å². The van der Waals surface area contributed by atoms with E-state index < -0.39 is 5.95 Å². The molecule has 146 valence electrons. The first-order chi connectivity index (χ1) is 13.6. The van der Waals surface area contributed by atoms with Gasteiger partial charge < -0.3 is 19.7 Å². The fourth-order valence-corrected chi connectivity index (χ4v) is 4.48. The Kier molecular flexibility index (Phi) is 4.36. The molecule has 2 bridgehead atoms. The lowest BCUT2D eigenvalue weighted by Gasteiger charge is -2.36. The van der Waals surface area contributed by atoms with E-state index in [4.69, 9.17) is 21.1 Å². The lowest BCUT2D eigenvalue weighted by atomic mass is 9.95. The summed E-state index contributed by atoms with van der Waals surface area (Å²) in [5.41, 5.74) is 2.10. The van der Waals surface area contributed by atoms with Crippen LogP contribution in [-0.4, -0.2) is 41.3 Å². The molecule has 3 aliphatic heterocycles. The number of rotatable bonds is 3. The smallest absolute Gasteiger partial charge is 0.322 e. The lowest BCUT2D eigenvalue weighted by molar-refractivity contribution is -0.0796. The van der Waals surface area contributed by atoms with Crippen LogP contribution in [0.3, 0.4) is 0 Å². The van der Waals surface area contributed by atoms with Crippen molar-refractivity contribution in [2.75, 3.05) is 18.5 Å². The molecule has 6 nitrogen and oxygen atoms in total. The number of urea groups is 1. The van der Waals surface area contributed by atoms with Crippen molar-refractivity contribution < 1.29 is 18.7 Å². The average molecular weight is 404 g/mol. The fraction of sp³-hybridized carbons (Fsp3) is 0.400. The zero-order chi connectivity index (χ0) is 19.3. The molecule has 2 atom stereocenters. The van der Waals surface area contributed by atoms with Gasteiger partial charge in [0, 0.05) is 23.5 Å². The molecule has 3 aliphatic rings. The summed E-state index contributed by atoms with van der Waals surface area (Å²) in [7, 11) is 0. The number of halogens is 2. The van der Waals surface area contributed by atoms with Crippen molar-refractivity contribution in [2.24, 2.45) is 0 Å². The summed E-state index contributed by atoms with van der Waals surface area (Å²) in [5, 5.41) is 3.36. The van der Waals surface area contributed by atoms with Crippen molar-refractivity contribution in [3.8, 4) is 5.75 Å². The summed E-state index contributed by atoms with van der Waals surface area (Å²) in [6, 6.07) is 6.67. The molecule has 0 radical (unpaired) electrons. The Morgan fingerprint density at radius 2 is 2.18 bits per heavy atom. The molecule has 1 aromatic carbocycles. The minimum atomic E-state index is -0.423. The van der Waals surface area contributed by atoms with Crippen LogP contribution in [-0.2, 0) is 11.2 Å². The zero-order valence-corrected chi connectivity index (χ0v) is 15.8. The van der Waals surface area contributed by atoms with Crippen LogP contribution in [0.4, 0.5) is 14.9 Å². The number of aromatic nitrogens is 1. The fourth-order valence-electron chi connectivity index (χ4n) is 4.25. The third-order valence-corrected chi connectivity index (χ3v) is 5.95. The Morgan fingerprint density at radius 1 is 1.32 bits per heavy atom. The van der Waals surface area contributed by atoms with Crippen LogP contribution in [0.25, 0.3) is 0 Å². The quantitative estimate of drug-likeness (QED) is 0.788. The van der Waals surface area contributed by atoms with Crippen molar-refractivity contribution >= 4 is 23.3 Å². The number of nitrogens with zero attached hydrogens (tertiary/aromatic N) is 2. The zero-order valence-electron chi connectivity index (χ0n) is 15.0. The number of nitrogens with one attached hydrogen (secondary N) is 1. The number of benzene rings is 1. The minimum absolute atomic E-state index is 0.0205. The molecule has 4 heterocycles. The highest BCUT2D eigenvalue weighted by Gasteiger charge is 2.43. The molecule has 2 saturated heterocycles. The maximum atomic E-state index is 14.1. The molecule has 0 unspecified atom stereocenters. The monoisotopic (exact) mass is 403 g/mol. The third-order valence-electron chi connectivity index (χ3n) is 5.66. The van der Waals surface area contributed by atoms with Crippen molar-refractivity contribution in [1.29, 1.82) is 0 Å². The Labute approximate surface area is 166 Å². The standard InChI is InChI=1S/C20H19ClFN3O3/c21-16-7-11(1-4-18(16)28-13-9-27-10-13)24-20(26)25-12-2-3-17(25)14-5-6-23-19(22)15(14)8-12/h1,4-7,12-13,17H,2-3,8-10H2,(H,24,26)/t12-,17+/m0/s1. The van der Waals surface area contributed by atoms with E-state index in [0.717, 1.165) is 18.4 Å². The van der Waals surface area contributed by atoms with Crippen LogP contribution in [0, 0.1) is 5.95 Å². The van der Waals surface area contributed by atoms with Gasteiger partial charge in [-0.2, -0.15) is 4.39 Å². The Hall–Kier alpha value is -2.38. The number of fused-ring (bicyclic) bond motifs is 4. The number of amides is 2. The summed E-state index contributed by atoms with van der Waals surface area (Å²) in [6.45, 7) is 1.12. The molecule has 28 heavy (non-hydrogen) atoms. The first-order valence-corrected chi connectivity index (χ1v) is 9.74. The molecule has 0 spiro atoms. The topological polar surface area (TPSA) is 63.7 Å². The van der Waals surface area contributed by atoms with Crippen molar-refractivity contribution in [1.82, 2.24) is 9.88 Å². The Morgan fingerprint density at radius 3 is 2.93 bits per heavy atom. The normalized spacial score (nSPS) is 23.1. The number of carbonyl (C=O) groups is 1. The molecule has 5 rings (SSSR count). The van der Waals surface area contributed by atoms with Gasteiger partial charge in [-0.15, -0.1) is 0 Å². The van der Waals surface area contributed by atoms with E-state index >= 15 is 0 Å². The Balaban J connectivity index is 1.33. The summed E-state index contributed by atoms with van der Waals surface area (Å²) in [5.74, 6) is 0.150. The van der Waals surface area contributed by atoms with Gasteiger partial charge in [-0.1, -0.05) is 11.6 Å². The maximum absolute atomic E-state index is 14.1. The predicted molar refractivity (Wildman–Crippen MR) is 101 cm³/mol. The van der Waals surface area contributed by atoms with Crippen LogP contribution in [0.2, 0.25) is 5.02 Å². The van der Waals surface area contributed by atoms with Gasteiger partial charge in [-0.25, -0.2) is 9.78 Å². The van der Waals surface area contributed by atoms with E-state index in [1.807, 2.05) is 11.0 Å². The molecule has 0 aliphatic carbocycles. The number of pyridine rings is 1. The van der Waals surface area contributed by atoms with Gasteiger partial charge in [-0.05, 0) is 49.1 Å². The summed E-state index contributed by atoms with van der Waals surface area (Å²) in [4.78, 5) is 18.5. The number of hydrogen-bond acceptors (Lipinski definition) is 4. The highest BCUT2D eigenvalue weighted by Crippen LogP contribution is 2.44. The van der Waals surface area contributed by atoms with Gasteiger partial charge >= 0.3 is 6.03 Å². The molecule has 1 N–H and O–H groups in total. The second kappa shape index (κ2) is 6.90. The van der Waals surface area contributed by atoms with E-state index in [1.54, 1.807) is 18.2 Å². The van der Waals surface area contributed by atoms with Gasteiger partial charge in [0.1, 0.15) is 11.9 Å². The van der Waals surface area contributed by atoms with Crippen LogP contribution in [0.15, 0.2) is 30.5 Å². The van der Waals surface area contributed by atoms with Gasteiger partial charge in [0.2, 0.25) is 5.95 Å². The SMILES string of the molecule is O=C(Nc1ccc(OC2COC2)c(Cl)c1)N1[C@H]2CC[C@@H]1c1ccnc(F)c1C2. The summed E-state index contributed by atoms with van der Waals surface area (Å²) < 4.78 is 24.9. The molecule has 2 amide bonds. The van der Waals surface area contributed by atoms with Crippen molar-refractivity contribution in [2.45, 2.75) is 37.5 Å². The summed E-state index contributed by atoms with van der Waals surface area (Å²) >= 11 is 6.30. The first kappa shape index (κ1) is 17.7. The maximum Gasteiger partial charge on any atom is 0.322 e. The van der Waals surface area contributed by atoms with Gasteiger partial charge in [-0.3, -0.25) is 0 Å². The van der Waals surface area contributed by atoms with E-state index in [9.17, 15) is 9.18 Å². The highest BCUT2D eigenvalue weighted by atomic mass is 35.5. The second-order valence-corrected chi connectivity index (χ2v) is 7.79. The molecule has 1 aromatic heterocycles. The largest absolute Gasteiger partial charge is 0.484 e. The predicted octanol–water partition coefficient (Wildman–Crippen LogP) is 3.95. The molecule has 2 fully saturated rings. The number of ether oxygens (including phenoxy) is 2. The van der Waals surface area contributed by atoms with Crippen LogP contribution < -0.4 is 10.1 Å². The second-order valence-electron chi connectivity index (χ2n) is 7.38. The van der Waals surface area contributed by atoms with Crippen molar-refractivity contribution in [3.63, 3.8) is 0 Å². The third kappa shape index (κ3) is 2.99. The van der Waals surface area contributed by atoms with Gasteiger partial charge in [0.15, 0.2) is 0 Å². The van der Waals surface area contributed by atoms with Crippen LogP contribution >= 0.6 is 11.6 Å². The molecular weight excluding hydrogens is 385 g/mol. The van der Waals surface area contributed by atoms with Crippen LogP contribution in [0.1, 0.15) is 30.0 Å². The van der Waals surface area contributed by atoms with E-state index in [-0.39, 0.29) is 24.2 Å². The van der Waals surface area contributed by atoms with E-state index in [2.05, 4.69) is 10.3 Å². The highest BCUT2D eigenvalue weighted by molar-refractivity contribution is 6.32. The summed E-state index contributed by atoms with van der Waals surface area (Å²) in [6.07, 6.45) is 3.66. The Bertz CT molecular complexity index is 937. The minimum Gasteiger partial charge on any atom is -0.484 e. The molecule has 8 heteroatoms. The van der Waals surface area contributed by atoms with Gasteiger partial charge in [0.25, 0.3) is 0 Å². The van der Waals surface area contributed by atoms with Crippen LogP contribution in [0.5, 0.6) is 5.75 Å².